The number of carbonyl (C=O) groups is 3. The molecule has 0 unspecified atom stereocenters. The van der Waals surface area contributed by atoms with Crippen LogP contribution in [0.5, 0.6) is 5.75 Å². The van der Waals surface area contributed by atoms with Crippen LogP contribution in [-0.2, 0) is 19.1 Å². The van der Waals surface area contributed by atoms with Gasteiger partial charge in [0.15, 0.2) is 0 Å². The Morgan fingerprint density at radius 3 is 2.32 bits per heavy atom. The van der Waals surface area contributed by atoms with E-state index >= 15 is 0 Å². The van der Waals surface area contributed by atoms with Crippen LogP contribution in [0.15, 0.2) is 30.4 Å². The second kappa shape index (κ2) is 5.21. The first-order valence-corrected chi connectivity index (χ1v) is 7.57. The number of nitro groups is 1. The van der Waals surface area contributed by atoms with Crippen LogP contribution in [0.25, 0.3) is 0 Å². The number of hydrogen-bond donors (Lipinski definition) is 0. The Morgan fingerprint density at radius 1 is 1.20 bits per heavy atom. The van der Waals surface area contributed by atoms with Crippen molar-refractivity contribution in [3.63, 3.8) is 0 Å². The molecule has 2 saturated heterocycles. The van der Waals surface area contributed by atoms with Crippen LogP contribution in [0.4, 0.5) is 11.4 Å². The van der Waals surface area contributed by atoms with Gasteiger partial charge in [-0.15, -0.1) is 0 Å². The van der Waals surface area contributed by atoms with Gasteiger partial charge in [-0.2, -0.15) is 0 Å². The van der Waals surface area contributed by atoms with Gasteiger partial charge in [-0.25, -0.2) is 4.90 Å². The lowest BCUT2D eigenvalue weighted by Gasteiger charge is -2.17. The maximum absolute atomic E-state index is 12.7. The molecule has 3 heterocycles. The summed E-state index contributed by atoms with van der Waals surface area (Å²) in [5, 5.41) is 11.2. The fraction of sp³-hybridized carbons (Fsp3) is 0.312. The molecule has 2 bridgehead atoms. The first kappa shape index (κ1) is 15.5. The summed E-state index contributed by atoms with van der Waals surface area (Å²) in [7, 11) is 0. The van der Waals surface area contributed by atoms with E-state index in [1.807, 2.05) is 0 Å². The van der Waals surface area contributed by atoms with Crippen molar-refractivity contribution in [1.82, 2.24) is 0 Å². The van der Waals surface area contributed by atoms with Gasteiger partial charge < -0.3 is 9.47 Å². The molecule has 0 spiro atoms. The van der Waals surface area contributed by atoms with Crippen LogP contribution in [0.2, 0.25) is 0 Å². The van der Waals surface area contributed by atoms with E-state index in [0.717, 1.165) is 17.9 Å². The largest absolute Gasteiger partial charge is 0.419 e. The fourth-order valence-electron chi connectivity index (χ4n) is 3.59. The lowest BCUT2D eigenvalue weighted by atomic mass is 9.85. The molecule has 4 atom stereocenters. The molecule has 0 radical (unpaired) electrons. The Labute approximate surface area is 140 Å². The molecule has 9 heteroatoms. The maximum Gasteiger partial charge on any atom is 0.313 e. The monoisotopic (exact) mass is 344 g/mol. The molecule has 2 fully saturated rings. The standard InChI is InChI=1S/C16H12N2O7/c1-7(19)24-10-3-2-8(6-9(10)18(22)23)17-15(20)13-11-4-5-12(25-11)14(13)16(17)21/h2-6,11-14H,1H3/t11-,12-,13-,14+/m1/s1. The number of esters is 1. The van der Waals surface area contributed by atoms with Gasteiger partial charge in [0.05, 0.1) is 34.7 Å². The summed E-state index contributed by atoms with van der Waals surface area (Å²) in [6, 6.07) is 3.61. The lowest BCUT2D eigenvalue weighted by Crippen LogP contribution is -2.34. The van der Waals surface area contributed by atoms with Crippen LogP contribution >= 0.6 is 0 Å². The Kier molecular flexibility index (Phi) is 3.22. The highest BCUT2D eigenvalue weighted by Gasteiger charge is 2.61. The van der Waals surface area contributed by atoms with Crippen molar-refractivity contribution in [2.24, 2.45) is 11.8 Å². The van der Waals surface area contributed by atoms with Crippen LogP contribution in [0.1, 0.15) is 6.92 Å². The van der Waals surface area contributed by atoms with Crippen molar-refractivity contribution in [3.8, 4) is 5.75 Å². The van der Waals surface area contributed by atoms with E-state index in [0.29, 0.717) is 0 Å². The molecule has 4 rings (SSSR count). The molecule has 2 amide bonds. The molecule has 3 aliphatic rings. The topological polar surface area (TPSA) is 116 Å². The van der Waals surface area contributed by atoms with Crippen molar-refractivity contribution in [2.45, 2.75) is 19.1 Å². The normalized spacial score (nSPS) is 29.2. The second-order valence-corrected chi connectivity index (χ2v) is 6.02. The predicted octanol–water partition coefficient (Wildman–Crippen LogP) is 0.963. The van der Waals surface area contributed by atoms with Gasteiger partial charge in [0.1, 0.15) is 0 Å². The first-order chi connectivity index (χ1) is 11.9. The number of ether oxygens (including phenoxy) is 2. The fourth-order valence-corrected chi connectivity index (χ4v) is 3.59. The number of carbonyl (C=O) groups excluding carboxylic acids is 3. The highest BCUT2D eigenvalue weighted by molar-refractivity contribution is 6.23. The van der Waals surface area contributed by atoms with Crippen LogP contribution in [0, 0.1) is 22.0 Å². The number of nitrogens with zero attached hydrogens (tertiary/aromatic N) is 2. The number of nitro benzene ring substituents is 1. The molecule has 9 nitrogen and oxygen atoms in total. The molecule has 0 saturated carbocycles. The Balaban J connectivity index is 1.72. The Hall–Kier alpha value is -3.07. The summed E-state index contributed by atoms with van der Waals surface area (Å²) in [5.74, 6) is -3.05. The van der Waals surface area contributed by atoms with Gasteiger partial charge in [-0.1, -0.05) is 12.2 Å². The minimum Gasteiger partial charge on any atom is -0.419 e. The summed E-state index contributed by atoms with van der Waals surface area (Å²) in [5.41, 5.74) is -0.422. The van der Waals surface area contributed by atoms with Crippen molar-refractivity contribution >= 4 is 29.2 Å². The van der Waals surface area contributed by atoms with E-state index < -0.39 is 52.4 Å². The third kappa shape index (κ3) is 2.16. The SMILES string of the molecule is CC(=O)Oc1ccc(N2C(=O)[C@@H]3[C@H](C2=O)[C@H]2C=C[C@H]3O2)cc1[N+](=O)[O-]. The molecule has 3 aliphatic heterocycles. The molecular weight excluding hydrogens is 332 g/mol. The Morgan fingerprint density at radius 2 is 1.80 bits per heavy atom. The summed E-state index contributed by atoms with van der Waals surface area (Å²) < 4.78 is 10.3. The van der Waals surface area contributed by atoms with Crippen LogP contribution in [-0.4, -0.2) is 34.9 Å². The first-order valence-electron chi connectivity index (χ1n) is 7.57. The second-order valence-electron chi connectivity index (χ2n) is 6.02. The Bertz CT molecular complexity index is 832. The molecule has 0 N–H and O–H groups in total. The summed E-state index contributed by atoms with van der Waals surface area (Å²) >= 11 is 0. The molecule has 1 aromatic rings. The zero-order valence-electron chi connectivity index (χ0n) is 12.9. The average molecular weight is 344 g/mol. The molecule has 128 valence electrons. The number of anilines is 1. The van der Waals surface area contributed by atoms with Gasteiger partial charge >= 0.3 is 11.7 Å². The maximum atomic E-state index is 12.7. The highest BCUT2D eigenvalue weighted by atomic mass is 16.6. The van der Waals surface area contributed by atoms with Gasteiger partial charge in [-0.05, 0) is 12.1 Å². The smallest absolute Gasteiger partial charge is 0.313 e. The zero-order chi connectivity index (χ0) is 17.9. The summed E-state index contributed by atoms with van der Waals surface area (Å²) in [4.78, 5) is 47.9. The van der Waals surface area contributed by atoms with Gasteiger partial charge in [-0.3, -0.25) is 24.5 Å². The molecule has 25 heavy (non-hydrogen) atoms. The van der Waals surface area contributed by atoms with Gasteiger partial charge in [0.25, 0.3) is 0 Å². The number of amides is 2. The third-order valence-electron chi connectivity index (χ3n) is 4.56. The minimum absolute atomic E-state index is 0.0754. The van der Waals surface area contributed by atoms with E-state index in [4.69, 9.17) is 9.47 Å². The van der Waals surface area contributed by atoms with Gasteiger partial charge in [0, 0.05) is 13.0 Å². The number of hydrogen-bond acceptors (Lipinski definition) is 7. The zero-order valence-corrected chi connectivity index (χ0v) is 12.9. The van der Waals surface area contributed by atoms with E-state index in [2.05, 4.69) is 0 Å². The minimum atomic E-state index is -0.734. The highest BCUT2D eigenvalue weighted by Crippen LogP contribution is 2.47. The molecule has 0 aliphatic carbocycles. The van der Waals surface area contributed by atoms with E-state index in [9.17, 15) is 24.5 Å². The van der Waals surface area contributed by atoms with Crippen molar-refractivity contribution in [1.29, 1.82) is 0 Å². The predicted molar refractivity (Wildman–Crippen MR) is 81.7 cm³/mol. The van der Waals surface area contributed by atoms with Crippen molar-refractivity contribution < 1.29 is 28.8 Å². The average Bonchev–Trinajstić information content (AvgIpc) is 3.21. The summed E-state index contributed by atoms with van der Waals surface area (Å²) in [6.07, 6.45) is 2.64. The van der Waals surface area contributed by atoms with Crippen LogP contribution in [0.3, 0.4) is 0 Å². The number of fused-ring (bicyclic) bond motifs is 5. The molecule has 1 aromatic carbocycles. The summed E-state index contributed by atoms with van der Waals surface area (Å²) in [6.45, 7) is 1.12. The van der Waals surface area contributed by atoms with Crippen molar-refractivity contribution in [2.75, 3.05) is 4.90 Å². The van der Waals surface area contributed by atoms with E-state index in [1.165, 1.54) is 12.1 Å². The number of benzene rings is 1. The van der Waals surface area contributed by atoms with E-state index in [1.54, 1.807) is 12.2 Å². The number of imide groups is 1. The molecular formula is C16H12N2O7. The van der Waals surface area contributed by atoms with Crippen molar-refractivity contribution in [3.05, 3.63) is 40.5 Å². The molecule has 0 aromatic heterocycles. The quantitative estimate of drug-likeness (QED) is 0.200. The number of rotatable bonds is 3. The van der Waals surface area contributed by atoms with Crippen LogP contribution < -0.4 is 9.64 Å². The van der Waals surface area contributed by atoms with E-state index in [-0.39, 0.29) is 11.4 Å². The third-order valence-corrected chi connectivity index (χ3v) is 4.56. The van der Waals surface area contributed by atoms with Gasteiger partial charge in [0.2, 0.25) is 17.6 Å². The lowest BCUT2D eigenvalue weighted by molar-refractivity contribution is -0.385.